The van der Waals surface area contributed by atoms with Gasteiger partial charge in [-0.3, -0.25) is 10.1 Å². The topological polar surface area (TPSA) is 88.0 Å². The lowest BCUT2D eigenvalue weighted by Crippen LogP contribution is -2.46. The number of nitro benzene ring substituents is 1. The van der Waals surface area contributed by atoms with E-state index in [2.05, 4.69) is 10.2 Å². The predicted molar refractivity (Wildman–Crippen MR) is 121 cm³/mol. The van der Waals surface area contributed by atoms with Crippen molar-refractivity contribution in [1.82, 2.24) is 10.2 Å². The Hall–Kier alpha value is -2.42. The van der Waals surface area contributed by atoms with Gasteiger partial charge in [-0.05, 0) is 71.4 Å². The molecule has 0 atom stereocenters. The zero-order chi connectivity index (χ0) is 23.3. The lowest BCUT2D eigenvalue weighted by molar-refractivity contribution is -0.385. The van der Waals surface area contributed by atoms with E-state index < -0.39 is 16.3 Å². The van der Waals surface area contributed by atoms with Gasteiger partial charge in [-0.1, -0.05) is 0 Å². The van der Waals surface area contributed by atoms with Crippen LogP contribution in [-0.4, -0.2) is 60.3 Å². The van der Waals surface area contributed by atoms with E-state index in [0.29, 0.717) is 11.6 Å². The van der Waals surface area contributed by atoms with Crippen LogP contribution >= 0.6 is 0 Å². The number of amides is 1. The van der Waals surface area contributed by atoms with Crippen LogP contribution < -0.4 is 10.2 Å². The number of anilines is 1. The first kappa shape index (κ1) is 24.2. The van der Waals surface area contributed by atoms with Crippen LogP contribution in [0.1, 0.15) is 52.9 Å². The smallest absolute Gasteiger partial charge is 0.407 e. The fourth-order valence-electron chi connectivity index (χ4n) is 4.47. The minimum atomic E-state index is -0.574. The van der Waals surface area contributed by atoms with Crippen LogP contribution in [0.25, 0.3) is 0 Å². The van der Waals surface area contributed by atoms with Crippen molar-refractivity contribution in [3.8, 4) is 0 Å². The highest BCUT2D eigenvalue weighted by Gasteiger charge is 2.26. The number of hydrogen-bond donors (Lipinski definition) is 1. The second-order valence-corrected chi connectivity index (χ2v) is 9.87. The van der Waals surface area contributed by atoms with Gasteiger partial charge in [0.25, 0.3) is 5.69 Å². The van der Waals surface area contributed by atoms with Crippen molar-refractivity contribution in [1.29, 1.82) is 0 Å². The zero-order valence-corrected chi connectivity index (χ0v) is 19.3. The number of benzene rings is 1. The number of piperidine rings is 2. The highest BCUT2D eigenvalue weighted by atomic mass is 19.1. The van der Waals surface area contributed by atoms with Crippen LogP contribution in [0.2, 0.25) is 0 Å². The molecule has 2 saturated heterocycles. The van der Waals surface area contributed by atoms with Crippen LogP contribution in [0, 0.1) is 21.8 Å². The van der Waals surface area contributed by atoms with Gasteiger partial charge in [0, 0.05) is 38.3 Å². The van der Waals surface area contributed by atoms with E-state index in [0.717, 1.165) is 70.9 Å². The third kappa shape index (κ3) is 7.05. The monoisotopic (exact) mass is 450 g/mol. The quantitative estimate of drug-likeness (QED) is 0.513. The second kappa shape index (κ2) is 10.5. The number of non-ortho nitro benzene ring substituents is 1. The highest BCUT2D eigenvalue weighted by Crippen LogP contribution is 2.29. The number of nitrogens with zero attached hydrogens (tertiary/aromatic N) is 3. The number of carbonyl (C=O) groups excluding carboxylic acids is 1. The Morgan fingerprint density at radius 3 is 2.41 bits per heavy atom. The lowest BCUT2D eigenvalue weighted by Gasteiger charge is -2.36. The molecule has 2 heterocycles. The zero-order valence-electron chi connectivity index (χ0n) is 19.3. The normalized spacial score (nSPS) is 19.1. The van der Waals surface area contributed by atoms with E-state index in [-0.39, 0.29) is 17.8 Å². The van der Waals surface area contributed by atoms with Gasteiger partial charge in [0.1, 0.15) is 5.60 Å². The standard InChI is InChI=1S/C23H35FN4O4/c1-23(2,3)32-22(29)25-18-9-12-26(13-10-18)11-6-17-7-14-27(15-8-17)21-5-4-19(28(30)31)16-20(21)24/h4-5,16-18H,6-15H2,1-3H3,(H,25,29). The van der Waals surface area contributed by atoms with Crippen molar-refractivity contribution >= 4 is 17.5 Å². The molecule has 0 spiro atoms. The molecule has 1 amide bonds. The lowest BCUT2D eigenvalue weighted by atomic mass is 9.92. The van der Waals surface area contributed by atoms with E-state index in [9.17, 15) is 19.3 Å². The van der Waals surface area contributed by atoms with Gasteiger partial charge in [-0.15, -0.1) is 0 Å². The van der Waals surface area contributed by atoms with E-state index in [4.69, 9.17) is 4.74 Å². The number of ether oxygens (including phenoxy) is 1. The molecule has 32 heavy (non-hydrogen) atoms. The molecule has 0 unspecified atom stereocenters. The Morgan fingerprint density at radius 2 is 1.84 bits per heavy atom. The van der Waals surface area contributed by atoms with Crippen LogP contribution in [0.4, 0.5) is 20.6 Å². The summed E-state index contributed by atoms with van der Waals surface area (Å²) in [5.41, 5.74) is -0.246. The number of hydrogen-bond acceptors (Lipinski definition) is 6. The van der Waals surface area contributed by atoms with Crippen molar-refractivity contribution in [2.45, 2.75) is 64.5 Å². The predicted octanol–water partition coefficient (Wildman–Crippen LogP) is 4.33. The summed E-state index contributed by atoms with van der Waals surface area (Å²) in [6, 6.07) is 4.05. The van der Waals surface area contributed by atoms with E-state index in [1.165, 1.54) is 12.1 Å². The van der Waals surface area contributed by atoms with E-state index >= 15 is 0 Å². The SMILES string of the molecule is CC(C)(C)OC(=O)NC1CCN(CCC2CCN(c3ccc([N+](=O)[O-])cc3F)CC2)CC1. The molecule has 1 aromatic rings. The molecular weight excluding hydrogens is 415 g/mol. The van der Waals surface area contributed by atoms with Crippen LogP contribution in [0.3, 0.4) is 0 Å². The minimum Gasteiger partial charge on any atom is -0.444 e. The average molecular weight is 451 g/mol. The largest absolute Gasteiger partial charge is 0.444 e. The van der Waals surface area contributed by atoms with Gasteiger partial charge >= 0.3 is 6.09 Å². The highest BCUT2D eigenvalue weighted by molar-refractivity contribution is 5.68. The molecule has 0 radical (unpaired) electrons. The van der Waals surface area contributed by atoms with Crippen molar-refractivity contribution in [3.63, 3.8) is 0 Å². The molecule has 1 aromatic carbocycles. The molecular formula is C23H35FN4O4. The first-order chi connectivity index (χ1) is 15.1. The summed E-state index contributed by atoms with van der Waals surface area (Å²) >= 11 is 0. The van der Waals surface area contributed by atoms with Crippen LogP contribution in [0.15, 0.2) is 18.2 Å². The number of carbonyl (C=O) groups is 1. The average Bonchev–Trinajstić information content (AvgIpc) is 2.72. The molecule has 9 heteroatoms. The molecule has 0 aliphatic carbocycles. The van der Waals surface area contributed by atoms with Gasteiger partial charge < -0.3 is 19.9 Å². The third-order valence-corrected chi connectivity index (χ3v) is 6.26. The van der Waals surface area contributed by atoms with Gasteiger partial charge in [0.2, 0.25) is 0 Å². The summed E-state index contributed by atoms with van der Waals surface area (Å²) in [6.07, 6.45) is 4.61. The van der Waals surface area contributed by atoms with Gasteiger partial charge in [-0.2, -0.15) is 0 Å². The molecule has 0 aromatic heterocycles. The maximum Gasteiger partial charge on any atom is 0.407 e. The number of likely N-dealkylation sites (tertiary alicyclic amines) is 1. The molecule has 0 bridgehead atoms. The second-order valence-electron chi connectivity index (χ2n) is 9.87. The summed E-state index contributed by atoms with van der Waals surface area (Å²) in [5.74, 6) is 0.0745. The number of nitro groups is 1. The summed E-state index contributed by atoms with van der Waals surface area (Å²) in [6.45, 7) is 10.1. The first-order valence-corrected chi connectivity index (χ1v) is 11.5. The fourth-order valence-corrected chi connectivity index (χ4v) is 4.47. The van der Waals surface area contributed by atoms with Crippen LogP contribution in [-0.2, 0) is 4.74 Å². The number of halogens is 1. The van der Waals surface area contributed by atoms with Gasteiger partial charge in [-0.25, -0.2) is 9.18 Å². The number of nitrogens with one attached hydrogen (secondary N) is 1. The maximum atomic E-state index is 14.3. The van der Waals surface area contributed by atoms with Gasteiger partial charge in [0.15, 0.2) is 5.82 Å². The molecule has 8 nitrogen and oxygen atoms in total. The van der Waals surface area contributed by atoms with Crippen molar-refractivity contribution < 1.29 is 18.8 Å². The summed E-state index contributed by atoms with van der Waals surface area (Å²) in [7, 11) is 0. The maximum absolute atomic E-state index is 14.3. The fraction of sp³-hybridized carbons (Fsp3) is 0.696. The summed E-state index contributed by atoms with van der Waals surface area (Å²) < 4.78 is 19.6. The summed E-state index contributed by atoms with van der Waals surface area (Å²) in [4.78, 5) is 26.6. The molecule has 2 aliphatic rings. The molecule has 178 valence electrons. The van der Waals surface area contributed by atoms with Crippen molar-refractivity contribution in [2.24, 2.45) is 5.92 Å². The molecule has 0 saturated carbocycles. The third-order valence-electron chi connectivity index (χ3n) is 6.26. The van der Waals surface area contributed by atoms with Crippen molar-refractivity contribution in [2.75, 3.05) is 37.6 Å². The molecule has 3 rings (SSSR count). The Labute approximate surface area is 189 Å². The Balaban J connectivity index is 1.35. The van der Waals surface area contributed by atoms with Crippen molar-refractivity contribution in [3.05, 3.63) is 34.1 Å². The molecule has 1 N–H and O–H groups in total. The minimum absolute atomic E-state index is 0.168. The summed E-state index contributed by atoms with van der Waals surface area (Å²) in [5, 5.41) is 13.8. The van der Waals surface area contributed by atoms with E-state index in [1.54, 1.807) is 0 Å². The number of alkyl carbamates (subject to hydrolysis) is 1. The molecule has 2 aliphatic heterocycles. The molecule has 2 fully saturated rings. The van der Waals surface area contributed by atoms with Gasteiger partial charge in [0.05, 0.1) is 16.7 Å². The Kier molecular flexibility index (Phi) is 7.92. The van der Waals surface area contributed by atoms with Crippen LogP contribution in [0.5, 0.6) is 0 Å². The number of rotatable bonds is 6. The Morgan fingerprint density at radius 1 is 1.19 bits per heavy atom. The Bertz CT molecular complexity index is 798. The van der Waals surface area contributed by atoms with E-state index in [1.807, 2.05) is 25.7 Å². The first-order valence-electron chi connectivity index (χ1n) is 11.5.